The van der Waals surface area contributed by atoms with Gasteiger partial charge in [0, 0.05) is 5.92 Å². The van der Waals surface area contributed by atoms with E-state index in [1.165, 1.54) is 19.3 Å². The van der Waals surface area contributed by atoms with Crippen molar-refractivity contribution >= 4 is 60.8 Å². The van der Waals surface area contributed by atoms with E-state index in [-0.39, 0.29) is 55.3 Å². The second-order valence-corrected chi connectivity index (χ2v) is 4.10. The minimum Gasteiger partial charge on any atom is -0.549 e. The van der Waals surface area contributed by atoms with Crippen LogP contribution in [0, 0.1) is 5.92 Å². The van der Waals surface area contributed by atoms with E-state index in [2.05, 4.69) is 6.92 Å². The van der Waals surface area contributed by atoms with Crippen molar-refractivity contribution in [3.63, 3.8) is 0 Å². The van der Waals surface area contributed by atoms with Crippen LogP contribution in [0.5, 0.6) is 0 Å². The third kappa shape index (κ3) is 11.3. The van der Waals surface area contributed by atoms with E-state index in [1.54, 1.807) is 0 Å². The van der Waals surface area contributed by atoms with Crippen molar-refractivity contribution in [3.05, 3.63) is 0 Å². The van der Waals surface area contributed by atoms with Crippen molar-refractivity contribution in [1.29, 1.82) is 0 Å². The zero-order valence-corrected chi connectivity index (χ0v) is 15.0. The number of carbonyl (C=O) groups is 2. The molecule has 0 aromatic heterocycles. The Labute approximate surface area is 143 Å². The molecule has 0 radical (unpaired) electrons. The van der Waals surface area contributed by atoms with Crippen LogP contribution in [0.15, 0.2) is 0 Å². The fourth-order valence-corrected chi connectivity index (χ4v) is 1.64. The van der Waals surface area contributed by atoms with Gasteiger partial charge in [0.15, 0.2) is 0 Å². The zero-order valence-electron chi connectivity index (χ0n) is 10.6. The van der Waals surface area contributed by atoms with Crippen molar-refractivity contribution in [2.24, 2.45) is 5.92 Å². The topological polar surface area (TPSA) is 80.3 Å². The van der Waals surface area contributed by atoms with Gasteiger partial charge in [0.2, 0.25) is 0 Å². The van der Waals surface area contributed by atoms with Gasteiger partial charge in [-0.15, -0.1) is 0 Å². The summed E-state index contributed by atoms with van der Waals surface area (Å²) < 4.78 is 0. The van der Waals surface area contributed by atoms with Crippen LogP contribution >= 0.6 is 0 Å². The fourth-order valence-electron chi connectivity index (χ4n) is 1.64. The SMILES string of the molecule is CCCCCCCCCC(C(=O)[O-])C(=O)[O-].[Ba+2]. The van der Waals surface area contributed by atoms with Crippen LogP contribution in [0.3, 0.4) is 0 Å². The second kappa shape index (κ2) is 13.0. The standard InChI is InChI=1S/C12H22O4.Ba/c1-2-3-4-5-6-7-8-9-10(11(13)14)12(15)16;/h10H,2-9H2,1H3,(H,13,14)(H,15,16);/q;+2/p-2. The molecule has 0 atom stereocenters. The summed E-state index contributed by atoms with van der Waals surface area (Å²) in [7, 11) is 0. The second-order valence-electron chi connectivity index (χ2n) is 4.10. The fraction of sp³-hybridized carbons (Fsp3) is 0.833. The molecule has 0 fully saturated rings. The predicted octanol–water partition coefficient (Wildman–Crippen LogP) is -0.138. The Morgan fingerprint density at radius 2 is 1.29 bits per heavy atom. The maximum atomic E-state index is 10.4. The molecule has 0 heterocycles. The molecule has 0 aromatic rings. The first-order valence-corrected chi connectivity index (χ1v) is 6.01. The van der Waals surface area contributed by atoms with Crippen LogP contribution in [-0.4, -0.2) is 60.8 Å². The summed E-state index contributed by atoms with van der Waals surface area (Å²) in [5.74, 6) is -4.52. The van der Waals surface area contributed by atoms with Gasteiger partial charge in [-0.3, -0.25) is 0 Å². The number of carboxylic acids is 2. The summed E-state index contributed by atoms with van der Waals surface area (Å²) >= 11 is 0. The van der Waals surface area contributed by atoms with Gasteiger partial charge in [-0.25, -0.2) is 0 Å². The van der Waals surface area contributed by atoms with Crippen LogP contribution < -0.4 is 10.2 Å². The van der Waals surface area contributed by atoms with Gasteiger partial charge in [0.25, 0.3) is 0 Å². The van der Waals surface area contributed by atoms with Crippen molar-refractivity contribution in [2.75, 3.05) is 0 Å². The molecule has 0 aliphatic carbocycles. The maximum Gasteiger partial charge on any atom is 2.00 e. The molecule has 0 unspecified atom stereocenters. The number of aliphatic carboxylic acids is 2. The van der Waals surface area contributed by atoms with Gasteiger partial charge < -0.3 is 19.8 Å². The number of hydrogen-bond acceptors (Lipinski definition) is 4. The van der Waals surface area contributed by atoms with E-state index in [9.17, 15) is 19.8 Å². The molecule has 4 nitrogen and oxygen atoms in total. The molecule has 0 saturated heterocycles. The summed E-state index contributed by atoms with van der Waals surface area (Å²) in [6.45, 7) is 2.14. The smallest absolute Gasteiger partial charge is 0.549 e. The molecule has 0 aliphatic rings. The molecule has 0 amide bonds. The van der Waals surface area contributed by atoms with Crippen LogP contribution in [-0.2, 0) is 9.59 Å². The third-order valence-corrected chi connectivity index (χ3v) is 2.67. The Hall–Kier alpha value is 0.511. The molecule has 0 aromatic carbocycles. The van der Waals surface area contributed by atoms with Crippen molar-refractivity contribution in [1.82, 2.24) is 0 Å². The van der Waals surface area contributed by atoms with Gasteiger partial charge in [-0.2, -0.15) is 0 Å². The number of hydrogen-bond donors (Lipinski definition) is 0. The van der Waals surface area contributed by atoms with E-state index < -0.39 is 17.9 Å². The van der Waals surface area contributed by atoms with E-state index >= 15 is 0 Å². The van der Waals surface area contributed by atoms with Gasteiger partial charge in [-0.05, 0) is 6.42 Å². The number of rotatable bonds is 10. The molecular weight excluding hydrogens is 345 g/mol. The molecule has 17 heavy (non-hydrogen) atoms. The minimum atomic E-state index is -1.54. The Balaban J connectivity index is 0. The molecule has 0 rings (SSSR count). The summed E-state index contributed by atoms with van der Waals surface area (Å²) in [4.78, 5) is 20.8. The first-order valence-electron chi connectivity index (χ1n) is 6.01. The van der Waals surface area contributed by atoms with Crippen molar-refractivity contribution in [2.45, 2.75) is 58.3 Å². The monoisotopic (exact) mass is 366 g/mol. The van der Waals surface area contributed by atoms with E-state index in [0.717, 1.165) is 19.3 Å². The first-order chi connectivity index (χ1) is 7.59. The van der Waals surface area contributed by atoms with Crippen LogP contribution in [0.25, 0.3) is 0 Å². The van der Waals surface area contributed by atoms with Crippen molar-refractivity contribution < 1.29 is 19.8 Å². The molecule has 94 valence electrons. The van der Waals surface area contributed by atoms with Gasteiger partial charge in [0.05, 0.1) is 11.9 Å². The Morgan fingerprint density at radius 1 is 0.882 bits per heavy atom. The Morgan fingerprint density at radius 3 is 1.71 bits per heavy atom. The van der Waals surface area contributed by atoms with E-state index in [4.69, 9.17) is 0 Å². The van der Waals surface area contributed by atoms with Crippen LogP contribution in [0.4, 0.5) is 0 Å². The largest absolute Gasteiger partial charge is 2.00 e. The average molecular weight is 366 g/mol. The van der Waals surface area contributed by atoms with Gasteiger partial charge in [-0.1, -0.05) is 51.9 Å². The summed E-state index contributed by atoms with van der Waals surface area (Å²) in [5, 5.41) is 20.8. The number of carbonyl (C=O) groups excluding carboxylic acids is 2. The average Bonchev–Trinajstić information content (AvgIpc) is 2.21. The Bertz CT molecular complexity index is 205. The quantitative estimate of drug-likeness (QED) is 0.307. The molecular formula is C12H20BaO4. The summed E-state index contributed by atoms with van der Waals surface area (Å²) in [6.07, 6.45) is 7.39. The number of carboxylic acid groups (broad SMARTS) is 2. The molecule has 0 saturated carbocycles. The molecule has 0 N–H and O–H groups in total. The van der Waals surface area contributed by atoms with Crippen LogP contribution in [0.1, 0.15) is 58.3 Å². The van der Waals surface area contributed by atoms with E-state index in [0.29, 0.717) is 6.42 Å². The molecule has 0 bridgehead atoms. The normalized spacial score (nSPS) is 10.0. The van der Waals surface area contributed by atoms with Gasteiger partial charge >= 0.3 is 48.9 Å². The van der Waals surface area contributed by atoms with Gasteiger partial charge in [0.1, 0.15) is 0 Å². The number of unbranched alkanes of at least 4 members (excludes halogenated alkanes) is 6. The third-order valence-electron chi connectivity index (χ3n) is 2.67. The maximum absolute atomic E-state index is 10.4. The molecule has 5 heteroatoms. The summed E-state index contributed by atoms with van der Waals surface area (Å²) in [5.41, 5.74) is 0. The van der Waals surface area contributed by atoms with Crippen LogP contribution in [0.2, 0.25) is 0 Å². The van der Waals surface area contributed by atoms with Crippen molar-refractivity contribution in [3.8, 4) is 0 Å². The zero-order chi connectivity index (χ0) is 12.4. The predicted molar refractivity (Wildman–Crippen MR) is 61.9 cm³/mol. The first kappa shape index (κ1) is 19.8. The molecule has 0 spiro atoms. The molecule has 0 aliphatic heterocycles. The summed E-state index contributed by atoms with van der Waals surface area (Å²) in [6, 6.07) is 0. The minimum absolute atomic E-state index is 0. The Kier molecular flexibility index (Phi) is 15.1. The van der Waals surface area contributed by atoms with E-state index in [1.807, 2.05) is 0 Å².